The van der Waals surface area contributed by atoms with Crippen LogP contribution >= 0.6 is 11.6 Å². The summed E-state index contributed by atoms with van der Waals surface area (Å²) >= 11 is 6.25. The van der Waals surface area contributed by atoms with Crippen molar-refractivity contribution in [1.82, 2.24) is 19.6 Å². The van der Waals surface area contributed by atoms with E-state index in [-0.39, 0.29) is 35.5 Å². The molecule has 0 aromatic heterocycles. The Hall–Kier alpha value is -2.81. The molecular formula is C30H45ClN4O5. The van der Waals surface area contributed by atoms with E-state index >= 15 is 0 Å². The molecule has 1 fully saturated rings. The summed E-state index contributed by atoms with van der Waals surface area (Å²) in [4.78, 5) is 59.2. The number of carbonyl (C=O) groups is 4. The van der Waals surface area contributed by atoms with Crippen molar-refractivity contribution < 1.29 is 23.9 Å². The highest BCUT2D eigenvalue weighted by molar-refractivity contribution is 6.31. The van der Waals surface area contributed by atoms with Crippen molar-refractivity contribution in [2.24, 2.45) is 11.8 Å². The first-order chi connectivity index (χ1) is 19.0. The molecule has 0 aliphatic carbocycles. The first-order valence-corrected chi connectivity index (χ1v) is 14.9. The second kappa shape index (κ2) is 14.7. The fourth-order valence-electron chi connectivity index (χ4n) is 5.62. The summed E-state index contributed by atoms with van der Waals surface area (Å²) in [5.74, 6) is 0.0337. The number of nitrogens with zero attached hydrogens (tertiary/aromatic N) is 4. The van der Waals surface area contributed by atoms with Crippen LogP contribution in [0.4, 0.5) is 0 Å². The molecule has 3 rings (SSSR count). The number of fused-ring (bicyclic) bond motifs is 1. The number of hydrogen-bond donors (Lipinski definition) is 0. The van der Waals surface area contributed by atoms with Gasteiger partial charge < -0.3 is 24.3 Å². The van der Waals surface area contributed by atoms with Crippen LogP contribution in [0.3, 0.4) is 0 Å². The number of rotatable bonds is 2. The Bertz CT molecular complexity index is 1060. The normalized spacial score (nSPS) is 21.2. The second-order valence-corrected chi connectivity index (χ2v) is 11.8. The fourth-order valence-corrected chi connectivity index (χ4v) is 5.79. The fraction of sp³-hybridized carbons (Fsp3) is 0.667. The molecule has 1 saturated heterocycles. The Morgan fingerprint density at radius 2 is 1.55 bits per heavy atom. The molecule has 0 spiro atoms. The third-order valence-corrected chi connectivity index (χ3v) is 8.26. The first-order valence-electron chi connectivity index (χ1n) is 14.5. The van der Waals surface area contributed by atoms with E-state index < -0.39 is 6.04 Å². The molecule has 1 aromatic rings. The smallest absolute Gasteiger partial charge is 0.258 e. The molecule has 222 valence electrons. The highest BCUT2D eigenvalue weighted by Gasteiger charge is 2.34. The maximum Gasteiger partial charge on any atom is 0.258 e. The van der Waals surface area contributed by atoms with Crippen LogP contribution < -0.4 is 4.74 Å². The topological polar surface area (TPSA) is 90.5 Å². The van der Waals surface area contributed by atoms with E-state index in [1.807, 2.05) is 23.6 Å². The highest BCUT2D eigenvalue weighted by Crippen LogP contribution is 2.27. The van der Waals surface area contributed by atoms with E-state index in [9.17, 15) is 19.2 Å². The number of amides is 4. The third-order valence-electron chi connectivity index (χ3n) is 8.02. The minimum Gasteiger partial charge on any atom is -0.493 e. The van der Waals surface area contributed by atoms with Gasteiger partial charge in [0.1, 0.15) is 11.8 Å². The number of likely N-dealkylation sites (tertiary alicyclic amines) is 1. The zero-order valence-corrected chi connectivity index (χ0v) is 25.4. The van der Waals surface area contributed by atoms with Crippen LogP contribution in [0.1, 0.15) is 69.7 Å². The van der Waals surface area contributed by atoms with Crippen LogP contribution in [0.5, 0.6) is 5.75 Å². The number of likely N-dealkylation sites (N-methyl/N-ethyl adjacent to an activating group) is 2. The molecule has 2 aliphatic rings. The van der Waals surface area contributed by atoms with E-state index in [4.69, 9.17) is 16.3 Å². The van der Waals surface area contributed by atoms with Gasteiger partial charge in [-0.1, -0.05) is 25.4 Å². The Kier molecular flexibility index (Phi) is 11.7. The van der Waals surface area contributed by atoms with E-state index in [1.54, 1.807) is 44.1 Å². The third kappa shape index (κ3) is 8.12. The lowest BCUT2D eigenvalue weighted by Crippen LogP contribution is -2.51. The predicted octanol–water partition coefficient (Wildman–Crippen LogP) is 3.93. The van der Waals surface area contributed by atoms with E-state index in [0.29, 0.717) is 74.9 Å². The molecule has 2 heterocycles. The zero-order valence-electron chi connectivity index (χ0n) is 24.7. The van der Waals surface area contributed by atoms with Crippen LogP contribution in [0.25, 0.3) is 0 Å². The predicted molar refractivity (Wildman–Crippen MR) is 155 cm³/mol. The summed E-state index contributed by atoms with van der Waals surface area (Å²) in [6.45, 7) is 8.85. The molecule has 0 unspecified atom stereocenters. The Morgan fingerprint density at radius 3 is 2.17 bits per heavy atom. The number of hydrogen-bond acceptors (Lipinski definition) is 5. The van der Waals surface area contributed by atoms with Crippen molar-refractivity contribution in [3.05, 3.63) is 28.8 Å². The lowest BCUT2D eigenvalue weighted by atomic mass is 9.95. The van der Waals surface area contributed by atoms with Gasteiger partial charge in [-0.25, -0.2) is 0 Å². The molecule has 9 nitrogen and oxygen atoms in total. The molecule has 1 aromatic carbocycles. The molecule has 0 bridgehead atoms. The number of piperidine rings is 1. The van der Waals surface area contributed by atoms with Gasteiger partial charge in [0.2, 0.25) is 17.7 Å². The van der Waals surface area contributed by atoms with Crippen LogP contribution in [-0.4, -0.2) is 103 Å². The maximum absolute atomic E-state index is 13.6. The van der Waals surface area contributed by atoms with Gasteiger partial charge in [-0.3, -0.25) is 19.2 Å². The minimum absolute atomic E-state index is 0.0572. The quantitative estimate of drug-likeness (QED) is 0.532. The number of ether oxygens (including phenoxy) is 1. The van der Waals surface area contributed by atoms with Gasteiger partial charge >= 0.3 is 0 Å². The van der Waals surface area contributed by atoms with E-state index in [2.05, 4.69) is 0 Å². The minimum atomic E-state index is -0.640. The van der Waals surface area contributed by atoms with Crippen molar-refractivity contribution in [3.8, 4) is 5.75 Å². The number of halogens is 1. The molecule has 0 radical (unpaired) electrons. The second-order valence-electron chi connectivity index (χ2n) is 11.4. The lowest BCUT2D eigenvalue weighted by Gasteiger charge is -2.34. The van der Waals surface area contributed by atoms with Gasteiger partial charge in [0.05, 0.1) is 12.2 Å². The Balaban J connectivity index is 1.78. The number of benzene rings is 1. The summed E-state index contributed by atoms with van der Waals surface area (Å²) in [6.07, 6.45) is 4.38. The molecule has 0 N–H and O–H groups in total. The highest BCUT2D eigenvalue weighted by atomic mass is 35.5. The van der Waals surface area contributed by atoms with Crippen molar-refractivity contribution in [2.45, 2.75) is 65.3 Å². The van der Waals surface area contributed by atoms with Crippen LogP contribution in [-0.2, 0) is 14.4 Å². The lowest BCUT2D eigenvalue weighted by molar-refractivity contribution is -0.140. The SMILES string of the molecule is CC(=O)N1CCC(C(=O)N2CCCCOc3ccc(Cl)cc3C(=O)N(C)[C@@H](C(C)C)C(=O)N(C)CCCC2)CC1. The molecule has 4 amide bonds. The molecule has 2 aliphatic heterocycles. The molecule has 0 saturated carbocycles. The van der Waals surface area contributed by atoms with Crippen molar-refractivity contribution in [2.75, 3.05) is 53.4 Å². The van der Waals surface area contributed by atoms with E-state index in [1.165, 1.54) is 4.90 Å². The summed E-state index contributed by atoms with van der Waals surface area (Å²) in [5.41, 5.74) is 0.328. The first kappa shape index (κ1) is 31.7. The average Bonchev–Trinajstić information content (AvgIpc) is 2.93. The summed E-state index contributed by atoms with van der Waals surface area (Å²) in [6, 6.07) is 4.33. The Morgan fingerprint density at radius 1 is 0.925 bits per heavy atom. The van der Waals surface area contributed by atoms with Gasteiger partial charge in [-0.2, -0.15) is 0 Å². The monoisotopic (exact) mass is 576 g/mol. The zero-order chi connectivity index (χ0) is 29.4. The van der Waals surface area contributed by atoms with Crippen molar-refractivity contribution >= 4 is 35.2 Å². The summed E-state index contributed by atoms with van der Waals surface area (Å²) < 4.78 is 6.03. The standard InChI is InChI=1S/C30H45ClN4O5/c1-21(2)27-30(39)32(4)14-6-7-15-35(28(37)23-12-17-34(18-13-23)22(3)36)16-8-9-19-40-26-11-10-24(31)20-25(26)29(38)33(27)5/h10-11,20-21,23,27H,6-9,12-19H2,1-5H3/t27-/m0/s1. The maximum atomic E-state index is 13.6. The van der Waals surface area contributed by atoms with Crippen LogP contribution in [0.2, 0.25) is 5.02 Å². The Labute approximate surface area is 243 Å². The van der Waals surface area contributed by atoms with Gasteiger partial charge in [0.25, 0.3) is 5.91 Å². The van der Waals surface area contributed by atoms with Gasteiger partial charge in [0.15, 0.2) is 0 Å². The molecular weight excluding hydrogens is 532 g/mol. The van der Waals surface area contributed by atoms with Gasteiger partial charge in [-0.15, -0.1) is 0 Å². The summed E-state index contributed by atoms with van der Waals surface area (Å²) in [7, 11) is 3.42. The van der Waals surface area contributed by atoms with E-state index in [0.717, 1.165) is 19.3 Å². The van der Waals surface area contributed by atoms with Gasteiger partial charge in [-0.05, 0) is 62.6 Å². The number of carbonyl (C=O) groups excluding carboxylic acids is 4. The molecule has 10 heteroatoms. The molecule has 1 atom stereocenters. The molecule has 40 heavy (non-hydrogen) atoms. The van der Waals surface area contributed by atoms with Crippen molar-refractivity contribution in [1.29, 1.82) is 0 Å². The van der Waals surface area contributed by atoms with Crippen LogP contribution in [0.15, 0.2) is 18.2 Å². The van der Waals surface area contributed by atoms with Crippen LogP contribution in [0, 0.1) is 11.8 Å². The average molecular weight is 577 g/mol. The largest absolute Gasteiger partial charge is 0.493 e. The summed E-state index contributed by atoms with van der Waals surface area (Å²) in [5, 5.41) is 0.419. The van der Waals surface area contributed by atoms with Gasteiger partial charge in [0, 0.05) is 64.7 Å². The van der Waals surface area contributed by atoms with Crippen molar-refractivity contribution in [3.63, 3.8) is 0 Å².